The van der Waals surface area contributed by atoms with Crippen molar-refractivity contribution in [3.05, 3.63) is 42.0 Å². The van der Waals surface area contributed by atoms with Crippen molar-refractivity contribution in [2.75, 3.05) is 63.8 Å². The number of hydrogen-bond acceptors (Lipinski definition) is 6. The molecule has 0 N–H and O–H groups in total. The third kappa shape index (κ3) is 7.75. The smallest absolute Gasteiger partial charge is 0.242 e. The van der Waals surface area contributed by atoms with Gasteiger partial charge in [-0.25, -0.2) is 0 Å². The molecule has 8 nitrogen and oxygen atoms in total. The van der Waals surface area contributed by atoms with Crippen molar-refractivity contribution in [1.29, 1.82) is 0 Å². The number of amides is 2. The molecule has 2 aromatic rings. The zero-order valence-corrected chi connectivity index (χ0v) is 22.6. The van der Waals surface area contributed by atoms with Crippen molar-refractivity contribution >= 4 is 17.6 Å². The summed E-state index contributed by atoms with van der Waals surface area (Å²) in [5, 5.41) is 8.86. The van der Waals surface area contributed by atoms with Crippen molar-refractivity contribution in [3.63, 3.8) is 0 Å². The fraction of sp³-hybridized carbons (Fsp3) is 0.571. The summed E-state index contributed by atoms with van der Waals surface area (Å²) < 4.78 is 0. The minimum absolute atomic E-state index is 0.0205. The van der Waals surface area contributed by atoms with Crippen LogP contribution in [0.4, 0.5) is 5.82 Å². The molecule has 1 aromatic carbocycles. The molecule has 196 valence electrons. The maximum Gasteiger partial charge on any atom is 0.242 e. The average molecular weight is 495 g/mol. The molecule has 36 heavy (non-hydrogen) atoms. The van der Waals surface area contributed by atoms with Crippen LogP contribution in [0.5, 0.6) is 0 Å². The lowest BCUT2D eigenvalue weighted by Crippen LogP contribution is -2.52. The summed E-state index contributed by atoms with van der Waals surface area (Å²) in [6.07, 6.45) is 0.469. The Kier molecular flexibility index (Phi) is 10.2. The van der Waals surface area contributed by atoms with E-state index in [-0.39, 0.29) is 24.3 Å². The molecular formula is C28H42N6O2. The van der Waals surface area contributed by atoms with Crippen LogP contribution in [0.1, 0.15) is 39.7 Å². The number of likely N-dealkylation sites (N-methyl/N-ethyl adjacent to an activating group) is 1. The van der Waals surface area contributed by atoms with E-state index in [4.69, 9.17) is 0 Å². The third-order valence-corrected chi connectivity index (χ3v) is 6.80. The van der Waals surface area contributed by atoms with Crippen LogP contribution in [0.15, 0.2) is 36.4 Å². The molecule has 3 rings (SSSR count). The number of nitrogens with zero attached hydrogens (tertiary/aromatic N) is 6. The lowest BCUT2D eigenvalue weighted by atomic mass is 10.1. The predicted molar refractivity (Wildman–Crippen MR) is 145 cm³/mol. The number of anilines is 1. The highest BCUT2D eigenvalue weighted by Gasteiger charge is 2.26. The van der Waals surface area contributed by atoms with Crippen molar-refractivity contribution in [1.82, 2.24) is 24.9 Å². The Balaban J connectivity index is 1.55. The molecular weight excluding hydrogens is 452 g/mol. The molecule has 1 aliphatic rings. The summed E-state index contributed by atoms with van der Waals surface area (Å²) in [7, 11) is 0. The first-order chi connectivity index (χ1) is 17.3. The van der Waals surface area contributed by atoms with Crippen molar-refractivity contribution in [2.24, 2.45) is 5.92 Å². The summed E-state index contributed by atoms with van der Waals surface area (Å²) in [5.41, 5.74) is 3.11. The molecule has 2 heterocycles. The summed E-state index contributed by atoms with van der Waals surface area (Å²) in [5.74, 6) is 1.18. The van der Waals surface area contributed by atoms with E-state index in [0.717, 1.165) is 36.7 Å². The number of carbonyl (C=O) groups excluding carboxylic acids is 2. The van der Waals surface area contributed by atoms with E-state index in [2.05, 4.69) is 65.0 Å². The molecule has 0 saturated carbocycles. The monoisotopic (exact) mass is 494 g/mol. The summed E-state index contributed by atoms with van der Waals surface area (Å²) >= 11 is 0. The van der Waals surface area contributed by atoms with Crippen LogP contribution in [0.25, 0.3) is 11.3 Å². The standard InChI is InChI=1S/C28H42N6O2/c1-6-31(7-2)14-15-34(27(35)20-22(3)4)21-28(36)33-18-16-32(17-19-33)26-13-12-25(29-30-26)24-10-8-23(5)9-11-24/h8-13,22H,6-7,14-21H2,1-5H3. The normalized spacial score (nSPS) is 14.0. The Labute approximate surface area is 216 Å². The quantitative estimate of drug-likeness (QED) is 0.477. The van der Waals surface area contributed by atoms with Crippen LogP contribution < -0.4 is 4.90 Å². The maximum atomic E-state index is 13.1. The second-order valence-corrected chi connectivity index (χ2v) is 9.95. The van der Waals surface area contributed by atoms with Crippen LogP contribution in [-0.2, 0) is 9.59 Å². The molecule has 1 aliphatic heterocycles. The van der Waals surface area contributed by atoms with Gasteiger partial charge in [0.25, 0.3) is 0 Å². The molecule has 0 radical (unpaired) electrons. The van der Waals surface area contributed by atoms with Crippen LogP contribution in [0.2, 0.25) is 0 Å². The van der Waals surface area contributed by atoms with E-state index in [9.17, 15) is 9.59 Å². The minimum atomic E-state index is 0.0205. The van der Waals surface area contributed by atoms with Gasteiger partial charge in [-0.05, 0) is 38.1 Å². The highest BCUT2D eigenvalue weighted by Crippen LogP contribution is 2.20. The summed E-state index contributed by atoms with van der Waals surface area (Å²) in [6.45, 7) is 16.4. The summed E-state index contributed by atoms with van der Waals surface area (Å²) in [6, 6.07) is 12.3. The molecule has 1 aromatic heterocycles. The Morgan fingerprint density at radius 1 is 0.917 bits per heavy atom. The second-order valence-electron chi connectivity index (χ2n) is 9.95. The highest BCUT2D eigenvalue weighted by molar-refractivity contribution is 5.85. The average Bonchev–Trinajstić information content (AvgIpc) is 2.88. The Morgan fingerprint density at radius 2 is 1.58 bits per heavy atom. The maximum absolute atomic E-state index is 13.1. The first-order valence-electron chi connectivity index (χ1n) is 13.2. The Bertz CT molecular complexity index is 965. The Morgan fingerprint density at radius 3 is 2.14 bits per heavy atom. The summed E-state index contributed by atoms with van der Waals surface area (Å²) in [4.78, 5) is 34.1. The highest BCUT2D eigenvalue weighted by atomic mass is 16.2. The number of carbonyl (C=O) groups is 2. The minimum Gasteiger partial charge on any atom is -0.352 e. The van der Waals surface area contributed by atoms with E-state index >= 15 is 0 Å². The molecule has 8 heteroatoms. The van der Waals surface area contributed by atoms with E-state index in [1.807, 2.05) is 30.9 Å². The van der Waals surface area contributed by atoms with E-state index in [0.29, 0.717) is 39.1 Å². The fourth-order valence-electron chi connectivity index (χ4n) is 4.39. The number of benzene rings is 1. The molecule has 1 fully saturated rings. The van der Waals surface area contributed by atoms with Crippen molar-refractivity contribution in [3.8, 4) is 11.3 Å². The van der Waals surface area contributed by atoms with E-state index < -0.39 is 0 Å². The predicted octanol–water partition coefficient (Wildman–Crippen LogP) is 3.32. The van der Waals surface area contributed by atoms with Gasteiger partial charge in [-0.2, -0.15) is 0 Å². The number of hydrogen-bond donors (Lipinski definition) is 0. The van der Waals surface area contributed by atoms with Crippen molar-refractivity contribution in [2.45, 2.75) is 41.0 Å². The molecule has 0 unspecified atom stereocenters. The molecule has 1 saturated heterocycles. The third-order valence-electron chi connectivity index (χ3n) is 6.80. The molecule has 0 aliphatic carbocycles. The van der Waals surface area contributed by atoms with Crippen LogP contribution in [0, 0.1) is 12.8 Å². The van der Waals surface area contributed by atoms with Gasteiger partial charge in [0.15, 0.2) is 5.82 Å². The topological polar surface area (TPSA) is 72.9 Å². The number of piperazine rings is 1. The van der Waals surface area contributed by atoms with E-state index in [1.54, 1.807) is 4.90 Å². The molecule has 0 atom stereocenters. The second kappa shape index (κ2) is 13.3. The van der Waals surface area contributed by atoms with Crippen LogP contribution in [-0.4, -0.2) is 95.6 Å². The SMILES string of the molecule is CCN(CC)CCN(CC(=O)N1CCN(c2ccc(-c3ccc(C)cc3)nn2)CC1)C(=O)CC(C)C. The van der Waals surface area contributed by atoms with Gasteiger partial charge in [0, 0.05) is 51.3 Å². The lowest BCUT2D eigenvalue weighted by molar-refractivity contribution is -0.141. The van der Waals surface area contributed by atoms with Gasteiger partial charge in [-0.3, -0.25) is 9.59 Å². The zero-order chi connectivity index (χ0) is 26.1. The zero-order valence-electron chi connectivity index (χ0n) is 22.6. The molecule has 0 spiro atoms. The number of rotatable bonds is 11. The van der Waals surface area contributed by atoms with Gasteiger partial charge >= 0.3 is 0 Å². The first-order valence-corrected chi connectivity index (χ1v) is 13.2. The number of aromatic nitrogens is 2. The van der Waals surface area contributed by atoms with Gasteiger partial charge in [0.2, 0.25) is 11.8 Å². The van der Waals surface area contributed by atoms with Gasteiger partial charge in [-0.1, -0.05) is 57.5 Å². The first kappa shape index (κ1) is 27.6. The fourth-order valence-corrected chi connectivity index (χ4v) is 4.39. The van der Waals surface area contributed by atoms with Gasteiger partial charge in [0.1, 0.15) is 0 Å². The van der Waals surface area contributed by atoms with Crippen molar-refractivity contribution < 1.29 is 9.59 Å². The van der Waals surface area contributed by atoms with Gasteiger partial charge in [-0.15, -0.1) is 10.2 Å². The van der Waals surface area contributed by atoms with Crippen LogP contribution >= 0.6 is 0 Å². The van der Waals surface area contributed by atoms with Gasteiger partial charge in [0.05, 0.1) is 12.2 Å². The molecule has 2 amide bonds. The van der Waals surface area contributed by atoms with Crippen LogP contribution in [0.3, 0.4) is 0 Å². The van der Waals surface area contributed by atoms with Gasteiger partial charge < -0.3 is 19.6 Å². The Hall–Kier alpha value is -3.00. The number of aryl methyl sites for hydroxylation is 1. The lowest BCUT2D eigenvalue weighted by Gasteiger charge is -2.36. The molecule has 0 bridgehead atoms. The van der Waals surface area contributed by atoms with E-state index in [1.165, 1.54) is 5.56 Å². The largest absolute Gasteiger partial charge is 0.352 e.